The van der Waals surface area contributed by atoms with Crippen molar-refractivity contribution in [2.24, 2.45) is 0 Å². The van der Waals surface area contributed by atoms with Crippen LogP contribution in [0.15, 0.2) is 0 Å². The molecule has 3 heteroatoms. The summed E-state index contributed by atoms with van der Waals surface area (Å²) in [4.78, 5) is 13.9. The van der Waals surface area contributed by atoms with Crippen LogP contribution in [0.1, 0.15) is 92.9 Å². The minimum atomic E-state index is -0.152. The van der Waals surface area contributed by atoms with Crippen molar-refractivity contribution in [1.82, 2.24) is 4.90 Å². The second-order valence-corrected chi connectivity index (χ2v) is 8.18. The molecular weight excluding hydrogens is 274 g/mol. The van der Waals surface area contributed by atoms with Gasteiger partial charge in [-0.05, 0) is 40.7 Å². The number of ether oxygens (including phenoxy) is 1. The van der Waals surface area contributed by atoms with Gasteiger partial charge in [0.05, 0.1) is 0 Å². The summed E-state index contributed by atoms with van der Waals surface area (Å²) < 4.78 is 5.52. The van der Waals surface area contributed by atoms with Crippen molar-refractivity contribution < 1.29 is 9.53 Å². The van der Waals surface area contributed by atoms with E-state index in [9.17, 15) is 4.79 Å². The van der Waals surface area contributed by atoms with E-state index < -0.39 is 0 Å². The number of hydrogen-bond acceptors (Lipinski definition) is 3. The normalized spacial score (nSPS) is 21.7. The van der Waals surface area contributed by atoms with Gasteiger partial charge in [-0.3, -0.25) is 9.69 Å². The molecule has 1 saturated heterocycles. The predicted molar refractivity (Wildman–Crippen MR) is 93.0 cm³/mol. The molecule has 0 unspecified atom stereocenters. The van der Waals surface area contributed by atoms with Crippen LogP contribution >= 0.6 is 0 Å². The molecule has 1 rings (SSSR count). The average molecular weight is 312 g/mol. The van der Waals surface area contributed by atoms with E-state index in [-0.39, 0.29) is 23.2 Å². The number of rotatable bonds is 8. The first-order valence-corrected chi connectivity index (χ1v) is 9.14. The van der Waals surface area contributed by atoms with E-state index >= 15 is 0 Å². The molecule has 1 heterocycles. The van der Waals surface area contributed by atoms with E-state index in [1.807, 2.05) is 0 Å². The van der Waals surface area contributed by atoms with Crippen LogP contribution in [0.25, 0.3) is 0 Å². The van der Waals surface area contributed by atoms with Crippen LogP contribution in [0, 0.1) is 0 Å². The maximum atomic E-state index is 11.3. The molecule has 0 N–H and O–H groups in total. The van der Waals surface area contributed by atoms with E-state index in [1.165, 1.54) is 45.4 Å². The quantitative estimate of drug-likeness (QED) is 0.470. The highest BCUT2D eigenvalue weighted by Gasteiger charge is 2.45. The highest BCUT2D eigenvalue weighted by Crippen LogP contribution is 2.39. The summed E-state index contributed by atoms with van der Waals surface area (Å²) in [6, 6.07) is 0. The molecule has 0 atom stereocenters. The highest BCUT2D eigenvalue weighted by atomic mass is 16.5. The van der Waals surface area contributed by atoms with Crippen LogP contribution in [0.2, 0.25) is 0 Å². The molecule has 3 nitrogen and oxygen atoms in total. The largest absolute Gasteiger partial charge is 0.462 e. The molecule has 0 radical (unpaired) electrons. The van der Waals surface area contributed by atoms with Crippen LogP contribution in [0.3, 0.4) is 0 Å². The Morgan fingerprint density at radius 2 is 1.50 bits per heavy atom. The Labute approximate surface area is 137 Å². The van der Waals surface area contributed by atoms with Gasteiger partial charge < -0.3 is 4.74 Å². The molecule has 22 heavy (non-hydrogen) atoms. The molecule has 0 bridgehead atoms. The maximum absolute atomic E-state index is 11.3. The molecular formula is C19H37NO2. The lowest BCUT2D eigenvalue weighted by molar-refractivity contribution is -0.157. The second kappa shape index (κ2) is 8.33. The first-order valence-electron chi connectivity index (χ1n) is 9.14. The van der Waals surface area contributed by atoms with Crippen molar-refractivity contribution >= 4 is 5.97 Å². The van der Waals surface area contributed by atoms with Crippen molar-refractivity contribution in [3.05, 3.63) is 0 Å². The Hall–Kier alpha value is -0.570. The standard InChI is InChI=1S/C19H37NO2/c1-7-8-9-10-11-12-13-20-18(3,4)14-17(22-16(2)21)15-19(20,5)6/h17H,7-15H2,1-6H3. The Bertz CT molecular complexity index is 331. The third-order valence-electron chi connectivity index (χ3n) is 4.98. The second-order valence-electron chi connectivity index (χ2n) is 8.18. The van der Waals surface area contributed by atoms with Gasteiger partial charge >= 0.3 is 5.97 Å². The SMILES string of the molecule is CCCCCCCCN1C(C)(C)CC(OC(C)=O)CC1(C)C. The van der Waals surface area contributed by atoms with Crippen molar-refractivity contribution in [2.45, 2.75) is 110 Å². The number of unbranched alkanes of at least 4 members (excludes halogenated alkanes) is 5. The summed E-state index contributed by atoms with van der Waals surface area (Å²) >= 11 is 0. The van der Waals surface area contributed by atoms with Gasteiger partial charge in [-0.15, -0.1) is 0 Å². The van der Waals surface area contributed by atoms with E-state index in [2.05, 4.69) is 39.5 Å². The van der Waals surface area contributed by atoms with Crippen LogP contribution in [0.4, 0.5) is 0 Å². The third kappa shape index (κ3) is 5.91. The van der Waals surface area contributed by atoms with Crippen molar-refractivity contribution in [2.75, 3.05) is 6.54 Å². The van der Waals surface area contributed by atoms with Crippen LogP contribution in [-0.2, 0) is 9.53 Å². The Morgan fingerprint density at radius 1 is 1.00 bits per heavy atom. The van der Waals surface area contributed by atoms with Gasteiger partial charge in [-0.25, -0.2) is 0 Å². The molecule has 0 amide bonds. The summed E-state index contributed by atoms with van der Waals surface area (Å²) in [6.45, 7) is 14.1. The number of esters is 1. The number of hydrogen-bond donors (Lipinski definition) is 0. The lowest BCUT2D eigenvalue weighted by Gasteiger charge is -2.55. The van der Waals surface area contributed by atoms with Gasteiger partial charge in [0.15, 0.2) is 0 Å². The number of carbonyl (C=O) groups is 1. The molecule has 0 aliphatic carbocycles. The van der Waals surface area contributed by atoms with E-state index in [1.54, 1.807) is 0 Å². The zero-order valence-corrected chi connectivity index (χ0v) is 15.7. The van der Waals surface area contributed by atoms with E-state index in [0.717, 1.165) is 19.4 Å². The smallest absolute Gasteiger partial charge is 0.302 e. The Morgan fingerprint density at radius 3 is 2.00 bits per heavy atom. The lowest BCUT2D eigenvalue weighted by Crippen LogP contribution is -2.62. The van der Waals surface area contributed by atoms with Gasteiger partial charge in [0.25, 0.3) is 0 Å². The van der Waals surface area contributed by atoms with Gasteiger partial charge in [0, 0.05) is 30.8 Å². The summed E-state index contributed by atoms with van der Waals surface area (Å²) in [5.74, 6) is -0.152. The fourth-order valence-corrected chi connectivity index (χ4v) is 4.20. The van der Waals surface area contributed by atoms with Crippen molar-refractivity contribution in [3.63, 3.8) is 0 Å². The fraction of sp³-hybridized carbons (Fsp3) is 0.947. The topological polar surface area (TPSA) is 29.5 Å². The molecule has 0 spiro atoms. The van der Waals surface area contributed by atoms with Gasteiger partial charge in [0.1, 0.15) is 6.10 Å². The zero-order chi connectivity index (χ0) is 16.8. The molecule has 1 aliphatic heterocycles. The summed E-state index contributed by atoms with van der Waals surface area (Å²) in [6.07, 6.45) is 9.94. The van der Waals surface area contributed by atoms with Gasteiger partial charge in [0.2, 0.25) is 0 Å². The molecule has 0 saturated carbocycles. The van der Waals surface area contributed by atoms with Crippen molar-refractivity contribution in [3.8, 4) is 0 Å². The monoisotopic (exact) mass is 311 g/mol. The minimum Gasteiger partial charge on any atom is -0.462 e. The molecule has 1 fully saturated rings. The van der Waals surface area contributed by atoms with E-state index in [4.69, 9.17) is 4.74 Å². The minimum absolute atomic E-state index is 0.0586. The molecule has 0 aromatic heterocycles. The fourth-order valence-electron chi connectivity index (χ4n) is 4.20. The lowest BCUT2D eigenvalue weighted by atomic mass is 9.78. The first kappa shape index (κ1) is 19.5. The molecule has 0 aromatic rings. The van der Waals surface area contributed by atoms with Crippen molar-refractivity contribution in [1.29, 1.82) is 0 Å². The highest BCUT2D eigenvalue weighted by molar-refractivity contribution is 5.66. The molecule has 1 aliphatic rings. The van der Waals surface area contributed by atoms with Crippen LogP contribution in [0.5, 0.6) is 0 Å². The number of carbonyl (C=O) groups excluding carboxylic acids is 1. The number of nitrogens with zero attached hydrogens (tertiary/aromatic N) is 1. The number of piperidine rings is 1. The predicted octanol–water partition coefficient (Wildman–Crippen LogP) is 4.93. The molecule has 0 aromatic carbocycles. The van der Waals surface area contributed by atoms with Crippen LogP contribution < -0.4 is 0 Å². The summed E-state index contributed by atoms with van der Waals surface area (Å²) in [5.41, 5.74) is 0.177. The average Bonchev–Trinajstić information content (AvgIpc) is 2.33. The third-order valence-corrected chi connectivity index (χ3v) is 4.98. The summed E-state index contributed by atoms with van der Waals surface area (Å²) in [5, 5.41) is 0. The zero-order valence-electron chi connectivity index (χ0n) is 15.7. The summed E-state index contributed by atoms with van der Waals surface area (Å²) in [7, 11) is 0. The first-order chi connectivity index (χ1) is 10.2. The van der Waals surface area contributed by atoms with Crippen LogP contribution in [-0.4, -0.2) is 34.6 Å². The van der Waals surface area contributed by atoms with Gasteiger partial charge in [-0.1, -0.05) is 39.0 Å². The number of likely N-dealkylation sites (tertiary alicyclic amines) is 1. The maximum Gasteiger partial charge on any atom is 0.302 e. The molecule has 130 valence electrons. The van der Waals surface area contributed by atoms with Gasteiger partial charge in [-0.2, -0.15) is 0 Å². The Balaban J connectivity index is 2.53. The Kier molecular flexibility index (Phi) is 7.37. The van der Waals surface area contributed by atoms with E-state index in [0.29, 0.717) is 0 Å².